The van der Waals surface area contributed by atoms with E-state index in [1.165, 1.54) is 26.8 Å². The van der Waals surface area contributed by atoms with E-state index >= 15 is 0 Å². The van der Waals surface area contributed by atoms with Gasteiger partial charge in [-0.05, 0) is 84.7 Å². The summed E-state index contributed by atoms with van der Waals surface area (Å²) in [4.78, 5) is 52.0. The number of aliphatic hydroxyl groups is 2. The molecule has 1 aromatic rings. The number of likely N-dealkylation sites (N-methyl/N-ethyl adjacent to an activating group) is 1. The van der Waals surface area contributed by atoms with Crippen molar-refractivity contribution in [1.82, 2.24) is 4.90 Å². The second kappa shape index (κ2) is 18.7. The zero-order chi connectivity index (χ0) is 41.9. The number of nitrogens with zero attached hydrogens (tertiary/aromatic N) is 3. The summed E-state index contributed by atoms with van der Waals surface area (Å²) in [6.45, 7) is 14.3. The van der Waals surface area contributed by atoms with Gasteiger partial charge in [0, 0.05) is 30.5 Å². The molecular formula is C41H61F2N3O10. The van der Waals surface area contributed by atoms with E-state index in [0.29, 0.717) is 23.4 Å². The third-order valence-corrected chi connectivity index (χ3v) is 11.6. The molecule has 3 aliphatic heterocycles. The van der Waals surface area contributed by atoms with Crippen molar-refractivity contribution in [2.45, 2.75) is 142 Å². The second-order valence-electron chi connectivity index (χ2n) is 16.5. The van der Waals surface area contributed by atoms with Gasteiger partial charge < -0.3 is 38.8 Å². The molecule has 0 aromatic heterocycles. The number of ketones is 1. The first-order chi connectivity index (χ1) is 26.1. The molecule has 0 spiro atoms. The van der Waals surface area contributed by atoms with Crippen LogP contribution in [0.4, 0.5) is 8.78 Å². The van der Waals surface area contributed by atoms with Gasteiger partial charge in [0.2, 0.25) is 5.91 Å². The van der Waals surface area contributed by atoms with E-state index in [9.17, 15) is 33.4 Å². The summed E-state index contributed by atoms with van der Waals surface area (Å²) in [5.41, 5.74) is -2.26. The Balaban J connectivity index is 1.97. The summed E-state index contributed by atoms with van der Waals surface area (Å²) in [5, 5.41) is 23.9. The number of carbonyl (C=O) groups excluding carboxylic acids is 3. The molecule has 1 aromatic carbocycles. The van der Waals surface area contributed by atoms with Crippen LogP contribution >= 0.6 is 0 Å². The Bertz CT molecular complexity index is 1640. The van der Waals surface area contributed by atoms with Crippen molar-refractivity contribution in [2.24, 2.45) is 33.7 Å². The Hall–Kier alpha value is -3.05. The highest BCUT2D eigenvalue weighted by molar-refractivity contribution is 6.00. The number of aliphatic imine (C=N–C) groups is 2. The quantitative estimate of drug-likeness (QED) is 0.309. The molecular weight excluding hydrogens is 732 g/mol. The topological polar surface area (TPSA) is 166 Å². The molecule has 0 saturated carbocycles. The van der Waals surface area contributed by atoms with E-state index in [4.69, 9.17) is 28.7 Å². The number of fused-ring (bicyclic) bond motifs is 5. The van der Waals surface area contributed by atoms with Crippen molar-refractivity contribution in [1.29, 1.82) is 0 Å². The monoisotopic (exact) mass is 793 g/mol. The van der Waals surface area contributed by atoms with Crippen LogP contribution in [0.3, 0.4) is 0 Å². The molecule has 15 heteroatoms. The molecule has 3 saturated heterocycles. The van der Waals surface area contributed by atoms with Gasteiger partial charge in [-0.25, -0.2) is 13.8 Å². The molecule has 0 radical (unpaired) electrons. The number of halogens is 2. The standard InChI is InChI=1S/C41H61F2N3O10/c1-12-32-41(9,51)37-23(4)33(45-26(7)47)21(2)17-40(8,53-20-28(19-52-37)44-18-27-13-14-29(42)30(43)16-27)36(24(5)34(48)25(6)38(50)55-32)56-39-35(49)31(46(10)11)15-22(3)54-39/h13-14,16,21-25,31-32,35-37,39,49,51H,12,15,17-20H2,1-11H3/t21-,22-,23+,24+,25-,31+,32-,35-,36-,37?,39+,40-,41-/m1/s1. The number of carbonyl (C=O) groups is 3. The van der Waals surface area contributed by atoms with Gasteiger partial charge in [0.05, 0.1) is 49.4 Å². The SMILES string of the molecule is CC[C@H]1OC(=O)[C@H](C)C(=O)[C@H](C)[C@@H](O[C@@H]2O[C@H](C)C[C@H](N(C)C)[C@H]2O)[C@@]2(C)C[C@@H](C)C(=NC(C)=O)[C@H](C)C(OCC(=NCc3ccc(F)c(F)c3)CO2)[C@]1(C)O. The molecule has 13 nitrogen and oxygen atoms in total. The van der Waals surface area contributed by atoms with Gasteiger partial charge in [-0.2, -0.15) is 0 Å². The van der Waals surface area contributed by atoms with Crippen LogP contribution < -0.4 is 0 Å². The Morgan fingerprint density at radius 2 is 1.73 bits per heavy atom. The summed E-state index contributed by atoms with van der Waals surface area (Å²) < 4.78 is 60.2. The van der Waals surface area contributed by atoms with Crippen molar-refractivity contribution in [3.63, 3.8) is 0 Å². The predicted molar refractivity (Wildman–Crippen MR) is 204 cm³/mol. The van der Waals surface area contributed by atoms with E-state index in [0.717, 1.165) is 12.1 Å². The van der Waals surface area contributed by atoms with Crippen molar-refractivity contribution >= 4 is 29.1 Å². The van der Waals surface area contributed by atoms with Crippen LogP contribution in [0.1, 0.15) is 87.1 Å². The fourth-order valence-electron chi connectivity index (χ4n) is 8.49. The number of hydrogen-bond acceptors (Lipinski definition) is 12. The van der Waals surface area contributed by atoms with E-state index in [1.807, 2.05) is 32.8 Å². The lowest BCUT2D eigenvalue weighted by atomic mass is 9.73. The summed E-state index contributed by atoms with van der Waals surface area (Å²) >= 11 is 0. The molecule has 3 heterocycles. The van der Waals surface area contributed by atoms with Crippen LogP contribution in [0, 0.1) is 35.3 Å². The first-order valence-electron chi connectivity index (χ1n) is 19.5. The summed E-state index contributed by atoms with van der Waals surface area (Å²) in [6.07, 6.45) is -5.39. The van der Waals surface area contributed by atoms with Crippen LogP contribution in [-0.4, -0.2) is 126 Å². The lowest BCUT2D eigenvalue weighted by Gasteiger charge is -2.47. The fraction of sp³-hybridized carbons (Fsp3) is 0.732. The van der Waals surface area contributed by atoms with E-state index in [2.05, 4.69) is 4.99 Å². The lowest BCUT2D eigenvalue weighted by molar-refractivity contribution is -0.296. The molecule has 0 aliphatic carbocycles. The number of Topliss-reactive ketones (excluding diaryl/α,β-unsaturated/α-hetero) is 1. The Labute approximate surface area is 329 Å². The average Bonchev–Trinajstić information content (AvgIpc) is 3.14. The Morgan fingerprint density at radius 3 is 2.34 bits per heavy atom. The predicted octanol–water partition coefficient (Wildman–Crippen LogP) is 4.47. The normalized spacial score (nSPS) is 39.5. The summed E-state index contributed by atoms with van der Waals surface area (Å²) in [6, 6.07) is 3.12. The molecule has 1 unspecified atom stereocenters. The van der Waals surface area contributed by atoms with Crippen LogP contribution in [-0.2, 0) is 44.6 Å². The third kappa shape index (κ3) is 10.3. The molecule has 1 amide bonds. The number of amides is 1. The van der Waals surface area contributed by atoms with Gasteiger partial charge >= 0.3 is 5.97 Å². The highest BCUT2D eigenvalue weighted by atomic mass is 19.2. The van der Waals surface area contributed by atoms with Gasteiger partial charge in [-0.1, -0.05) is 33.8 Å². The zero-order valence-electron chi connectivity index (χ0n) is 34.6. The maximum atomic E-state index is 14.4. The molecule has 3 fully saturated rings. The van der Waals surface area contributed by atoms with Crippen LogP contribution in [0.2, 0.25) is 0 Å². The van der Waals surface area contributed by atoms with Gasteiger partial charge in [-0.15, -0.1) is 0 Å². The molecule has 56 heavy (non-hydrogen) atoms. The third-order valence-electron chi connectivity index (χ3n) is 11.6. The smallest absolute Gasteiger partial charge is 0.316 e. The first kappa shape index (κ1) is 45.6. The van der Waals surface area contributed by atoms with Gasteiger partial charge in [0.25, 0.3) is 0 Å². The highest BCUT2D eigenvalue weighted by Crippen LogP contribution is 2.40. The van der Waals surface area contributed by atoms with Crippen LogP contribution in [0.5, 0.6) is 0 Å². The highest BCUT2D eigenvalue weighted by Gasteiger charge is 2.53. The second-order valence-corrected chi connectivity index (χ2v) is 16.5. The molecule has 3 aliphatic rings. The number of aliphatic hydroxyl groups excluding tert-OH is 1. The van der Waals surface area contributed by atoms with Crippen molar-refractivity contribution < 1.29 is 57.1 Å². The largest absolute Gasteiger partial charge is 0.459 e. The van der Waals surface area contributed by atoms with E-state index in [1.54, 1.807) is 27.7 Å². The van der Waals surface area contributed by atoms with Crippen molar-refractivity contribution in [3.05, 3.63) is 35.4 Å². The Kier molecular flexibility index (Phi) is 15.2. The molecule has 2 bridgehead atoms. The number of ether oxygens (including phenoxy) is 5. The van der Waals surface area contributed by atoms with Gasteiger partial charge in [0.1, 0.15) is 23.7 Å². The molecule has 4 rings (SSSR count). The lowest BCUT2D eigenvalue weighted by Crippen LogP contribution is -2.60. The maximum absolute atomic E-state index is 14.4. The number of hydrogen-bond donors (Lipinski definition) is 2. The Morgan fingerprint density at radius 1 is 1.05 bits per heavy atom. The molecule has 2 N–H and O–H groups in total. The van der Waals surface area contributed by atoms with Gasteiger partial charge in [-0.3, -0.25) is 19.4 Å². The van der Waals surface area contributed by atoms with Gasteiger partial charge in [0.15, 0.2) is 23.7 Å². The molecule has 13 atom stereocenters. The number of esters is 1. The summed E-state index contributed by atoms with van der Waals surface area (Å²) in [7, 11) is 3.68. The van der Waals surface area contributed by atoms with E-state index < -0.39 is 94.9 Å². The minimum atomic E-state index is -1.89. The maximum Gasteiger partial charge on any atom is 0.316 e. The van der Waals surface area contributed by atoms with E-state index in [-0.39, 0.29) is 44.7 Å². The minimum absolute atomic E-state index is 0.0759. The zero-order valence-corrected chi connectivity index (χ0v) is 34.6. The number of rotatable bonds is 6. The van der Waals surface area contributed by atoms with Crippen LogP contribution in [0.15, 0.2) is 28.2 Å². The van der Waals surface area contributed by atoms with Crippen molar-refractivity contribution in [3.8, 4) is 0 Å². The van der Waals surface area contributed by atoms with Crippen molar-refractivity contribution in [2.75, 3.05) is 27.3 Å². The number of cyclic esters (lactones) is 1. The summed E-state index contributed by atoms with van der Waals surface area (Å²) in [5.74, 6) is -7.57. The van der Waals surface area contributed by atoms with Crippen LogP contribution in [0.25, 0.3) is 0 Å². The number of benzene rings is 1. The average molecular weight is 794 g/mol. The molecule has 314 valence electrons. The minimum Gasteiger partial charge on any atom is -0.459 e. The fourth-order valence-corrected chi connectivity index (χ4v) is 8.49. The first-order valence-corrected chi connectivity index (χ1v) is 19.5.